The number of carbonyl (C=O) groups is 2. The third kappa shape index (κ3) is 4.40. The van der Waals surface area contributed by atoms with Gasteiger partial charge in [0.1, 0.15) is 11.6 Å². The summed E-state index contributed by atoms with van der Waals surface area (Å²) in [7, 11) is 0. The van der Waals surface area contributed by atoms with Gasteiger partial charge >= 0.3 is 29.6 Å². The van der Waals surface area contributed by atoms with Gasteiger partial charge in [-0.05, 0) is 42.7 Å². The minimum Gasteiger partial charge on any atom is -0.550 e. The molecule has 0 saturated carbocycles. The third-order valence-electron chi connectivity index (χ3n) is 3.04. The number of carboxylic acids is 1. The van der Waals surface area contributed by atoms with Gasteiger partial charge in [-0.3, -0.25) is 4.79 Å². The first-order chi connectivity index (χ1) is 9.99. The van der Waals surface area contributed by atoms with Gasteiger partial charge in [-0.15, -0.1) is 0 Å². The number of aliphatic carboxylic acids is 1. The van der Waals surface area contributed by atoms with Crippen LogP contribution in [0.25, 0.3) is 0 Å². The predicted molar refractivity (Wildman–Crippen MR) is 71.3 cm³/mol. The fourth-order valence-corrected chi connectivity index (χ4v) is 1.96. The van der Waals surface area contributed by atoms with Gasteiger partial charge in [0.05, 0.1) is 11.1 Å². The van der Waals surface area contributed by atoms with Crippen molar-refractivity contribution >= 4 is 11.8 Å². The third-order valence-corrected chi connectivity index (χ3v) is 3.04. The minimum absolute atomic E-state index is 0. The second-order valence-corrected chi connectivity index (χ2v) is 4.53. The van der Waals surface area contributed by atoms with Crippen molar-refractivity contribution in [2.75, 3.05) is 0 Å². The minimum atomic E-state index is -1.22. The Morgan fingerprint density at radius 3 is 2.36 bits per heavy atom. The van der Waals surface area contributed by atoms with E-state index in [0.29, 0.717) is 5.56 Å². The van der Waals surface area contributed by atoms with Crippen LogP contribution in [0.15, 0.2) is 42.5 Å². The van der Waals surface area contributed by atoms with E-state index in [2.05, 4.69) is 0 Å². The molecule has 0 spiro atoms. The van der Waals surface area contributed by atoms with Gasteiger partial charge < -0.3 is 15.0 Å². The Kier molecular flexibility index (Phi) is 6.74. The molecule has 0 saturated heterocycles. The van der Waals surface area contributed by atoms with E-state index in [1.165, 1.54) is 24.3 Å². The Morgan fingerprint density at radius 2 is 1.77 bits per heavy atom. The van der Waals surface area contributed by atoms with Crippen LogP contribution in [0, 0.1) is 5.82 Å². The smallest absolute Gasteiger partial charge is 0.550 e. The number of carboxylic acid groups (broad SMARTS) is 1. The second-order valence-electron chi connectivity index (χ2n) is 4.53. The number of para-hydroxylation sites is 1. The van der Waals surface area contributed by atoms with E-state index in [-0.39, 0.29) is 59.3 Å². The fraction of sp³-hybridized carbons (Fsp3) is 0.125. The van der Waals surface area contributed by atoms with Gasteiger partial charge in [-0.1, -0.05) is 18.2 Å². The van der Waals surface area contributed by atoms with Crippen LogP contribution < -0.4 is 34.7 Å². The summed E-state index contributed by atoms with van der Waals surface area (Å²) in [6, 6.07) is 9.77. The molecular weight excluding hydrogens is 298 g/mol. The van der Waals surface area contributed by atoms with Crippen LogP contribution in [0.3, 0.4) is 0 Å². The molecule has 0 radical (unpaired) electrons. The molecule has 0 aliphatic carbocycles. The van der Waals surface area contributed by atoms with E-state index in [1.54, 1.807) is 12.1 Å². The van der Waals surface area contributed by atoms with Crippen LogP contribution in [0.4, 0.5) is 4.39 Å². The molecular formula is C16H12FNaO4. The average molecular weight is 310 g/mol. The molecule has 2 aromatic rings. The molecule has 2 rings (SSSR count). The molecule has 0 atom stereocenters. The van der Waals surface area contributed by atoms with E-state index in [0.717, 1.165) is 6.07 Å². The van der Waals surface area contributed by atoms with Crippen molar-refractivity contribution in [2.24, 2.45) is 0 Å². The Labute approximate surface area is 148 Å². The number of hydrogen-bond donors (Lipinski definition) is 1. The zero-order chi connectivity index (χ0) is 15.4. The number of phenols is 1. The largest absolute Gasteiger partial charge is 1.00 e. The molecule has 0 aliphatic heterocycles. The zero-order valence-electron chi connectivity index (χ0n) is 12.0. The first-order valence-corrected chi connectivity index (χ1v) is 6.30. The van der Waals surface area contributed by atoms with Crippen molar-refractivity contribution in [1.82, 2.24) is 0 Å². The van der Waals surface area contributed by atoms with E-state index in [9.17, 15) is 24.2 Å². The monoisotopic (exact) mass is 310 g/mol. The van der Waals surface area contributed by atoms with Crippen LogP contribution in [0.5, 0.6) is 5.75 Å². The standard InChI is InChI=1S/C16H13FO4.Na/c17-13-9-10(6-8-15(19)20)5-7-11(13)16(21)12-3-1-2-4-14(12)18;/h1-5,7,9,18H,6,8H2,(H,19,20);/q;+1/p-1. The van der Waals surface area contributed by atoms with Crippen molar-refractivity contribution < 1.29 is 53.7 Å². The molecule has 0 bridgehead atoms. The average Bonchev–Trinajstić information content (AvgIpc) is 2.45. The summed E-state index contributed by atoms with van der Waals surface area (Å²) in [5.74, 6) is -2.82. The van der Waals surface area contributed by atoms with Crippen LogP contribution in [0.2, 0.25) is 0 Å². The summed E-state index contributed by atoms with van der Waals surface area (Å²) in [6.07, 6.45) is -0.0868. The van der Waals surface area contributed by atoms with Crippen LogP contribution >= 0.6 is 0 Å². The number of hydrogen-bond acceptors (Lipinski definition) is 4. The molecule has 1 N–H and O–H groups in total. The Balaban J connectivity index is 0.00000242. The molecule has 0 aromatic heterocycles. The van der Waals surface area contributed by atoms with Gasteiger partial charge in [0.15, 0.2) is 5.78 Å². The Morgan fingerprint density at radius 1 is 1.09 bits per heavy atom. The number of phenolic OH excluding ortho intramolecular Hbond substituents is 1. The summed E-state index contributed by atoms with van der Waals surface area (Å²) in [4.78, 5) is 22.5. The summed E-state index contributed by atoms with van der Waals surface area (Å²) >= 11 is 0. The quantitative estimate of drug-likeness (QED) is 0.536. The molecule has 2 aromatic carbocycles. The number of carbonyl (C=O) groups excluding carboxylic acids is 2. The molecule has 6 heteroatoms. The molecule has 4 nitrogen and oxygen atoms in total. The Hall–Kier alpha value is -1.69. The van der Waals surface area contributed by atoms with Gasteiger partial charge in [0.2, 0.25) is 0 Å². The molecule has 0 heterocycles. The van der Waals surface area contributed by atoms with E-state index < -0.39 is 17.6 Å². The topological polar surface area (TPSA) is 77.4 Å². The van der Waals surface area contributed by atoms with Crippen molar-refractivity contribution in [2.45, 2.75) is 12.8 Å². The van der Waals surface area contributed by atoms with Gasteiger partial charge in [-0.2, -0.15) is 0 Å². The van der Waals surface area contributed by atoms with Crippen LogP contribution in [-0.4, -0.2) is 16.9 Å². The van der Waals surface area contributed by atoms with Crippen molar-refractivity contribution in [1.29, 1.82) is 0 Å². The summed E-state index contributed by atoms with van der Waals surface area (Å²) in [5.41, 5.74) is 0.304. The first kappa shape index (κ1) is 18.4. The number of benzene rings is 2. The van der Waals surface area contributed by atoms with E-state index >= 15 is 0 Å². The maximum atomic E-state index is 14.0. The summed E-state index contributed by atoms with van der Waals surface area (Å²) in [5, 5.41) is 20.0. The van der Waals surface area contributed by atoms with Crippen molar-refractivity contribution in [3.8, 4) is 5.75 Å². The van der Waals surface area contributed by atoms with E-state index in [1.807, 2.05) is 0 Å². The molecule has 22 heavy (non-hydrogen) atoms. The molecule has 0 aliphatic rings. The first-order valence-electron chi connectivity index (χ1n) is 6.30. The number of rotatable bonds is 5. The molecule has 0 fully saturated rings. The predicted octanol–water partition coefficient (Wildman–Crippen LogP) is -1.55. The van der Waals surface area contributed by atoms with Crippen LogP contribution in [-0.2, 0) is 11.2 Å². The number of aromatic hydroxyl groups is 1. The summed E-state index contributed by atoms with van der Waals surface area (Å²) < 4.78 is 14.0. The van der Waals surface area contributed by atoms with Gasteiger partial charge in [0.25, 0.3) is 0 Å². The maximum Gasteiger partial charge on any atom is 1.00 e. The van der Waals surface area contributed by atoms with E-state index in [4.69, 9.17) is 0 Å². The zero-order valence-corrected chi connectivity index (χ0v) is 14.0. The fourth-order valence-electron chi connectivity index (χ4n) is 1.96. The van der Waals surface area contributed by atoms with Crippen LogP contribution in [0.1, 0.15) is 27.9 Å². The van der Waals surface area contributed by atoms with Crippen molar-refractivity contribution in [3.63, 3.8) is 0 Å². The maximum absolute atomic E-state index is 14.0. The van der Waals surface area contributed by atoms with Gasteiger partial charge in [0, 0.05) is 5.97 Å². The number of halogens is 1. The van der Waals surface area contributed by atoms with Gasteiger partial charge in [-0.25, -0.2) is 4.39 Å². The molecule has 0 unspecified atom stereocenters. The summed E-state index contributed by atoms with van der Waals surface area (Å²) in [6.45, 7) is 0. The Bertz CT molecular complexity index is 700. The van der Waals surface area contributed by atoms with Crippen molar-refractivity contribution in [3.05, 3.63) is 65.0 Å². The number of aryl methyl sites for hydroxylation is 1. The second kappa shape index (κ2) is 8.08. The number of ketones is 1. The normalized spacial score (nSPS) is 9.86. The SMILES string of the molecule is O=C([O-])CCc1ccc(C(=O)c2ccccc2O)c(F)c1.[Na+]. The molecule has 0 amide bonds. The molecule has 108 valence electrons.